The van der Waals surface area contributed by atoms with E-state index in [1.807, 2.05) is 13.2 Å². The van der Waals surface area contributed by atoms with Crippen LogP contribution in [0, 0.1) is 0 Å². The zero-order valence-electron chi connectivity index (χ0n) is 12.9. The molecule has 0 bridgehead atoms. The van der Waals surface area contributed by atoms with Crippen LogP contribution < -0.4 is 0 Å². The first-order valence-electron chi connectivity index (χ1n) is 7.50. The molecule has 0 aliphatic carbocycles. The molecule has 3 heteroatoms. The summed E-state index contributed by atoms with van der Waals surface area (Å²) in [6.45, 7) is 11.4. The Morgan fingerprint density at radius 1 is 1.40 bits per heavy atom. The molecule has 1 saturated heterocycles. The van der Waals surface area contributed by atoms with Crippen molar-refractivity contribution in [3.8, 4) is 0 Å². The number of ether oxygens (including phenoxy) is 1. The summed E-state index contributed by atoms with van der Waals surface area (Å²) in [7, 11) is 1.81. The average Bonchev–Trinajstić information content (AvgIpc) is 2.47. The van der Waals surface area contributed by atoms with Crippen molar-refractivity contribution < 1.29 is 4.74 Å². The van der Waals surface area contributed by atoms with Crippen molar-refractivity contribution in [1.29, 1.82) is 0 Å². The van der Waals surface area contributed by atoms with Gasteiger partial charge in [0.15, 0.2) is 0 Å². The molecule has 1 aromatic heterocycles. The van der Waals surface area contributed by atoms with Gasteiger partial charge < -0.3 is 4.74 Å². The molecule has 0 radical (unpaired) electrons. The number of rotatable bonds is 5. The molecular formula is C17H26N2O. The summed E-state index contributed by atoms with van der Waals surface area (Å²) in [6.07, 6.45) is 4.51. The Morgan fingerprint density at radius 2 is 2.10 bits per heavy atom. The van der Waals surface area contributed by atoms with E-state index in [1.54, 1.807) is 0 Å². The van der Waals surface area contributed by atoms with Crippen LogP contribution in [0.5, 0.6) is 0 Å². The Bertz CT molecular complexity index is 448. The van der Waals surface area contributed by atoms with Crippen LogP contribution in [0.3, 0.4) is 0 Å². The molecule has 2 heterocycles. The predicted octanol–water partition coefficient (Wildman–Crippen LogP) is 3.46. The van der Waals surface area contributed by atoms with E-state index in [4.69, 9.17) is 4.74 Å². The number of nitrogens with zero attached hydrogens (tertiary/aromatic N) is 2. The SMILES string of the molecule is C=Cc1cc(C(C)C)cc(CN2CCC(OC)CC2)n1. The molecule has 0 saturated carbocycles. The average molecular weight is 274 g/mol. The molecule has 1 fully saturated rings. The van der Waals surface area contributed by atoms with E-state index < -0.39 is 0 Å². The fourth-order valence-electron chi connectivity index (χ4n) is 2.69. The summed E-state index contributed by atoms with van der Waals surface area (Å²) in [5.74, 6) is 0.523. The van der Waals surface area contributed by atoms with E-state index in [1.165, 1.54) is 5.56 Å². The third-order valence-corrected chi connectivity index (χ3v) is 4.05. The van der Waals surface area contributed by atoms with Gasteiger partial charge in [0.05, 0.1) is 17.5 Å². The first-order valence-corrected chi connectivity index (χ1v) is 7.50. The second kappa shape index (κ2) is 7.00. The van der Waals surface area contributed by atoms with E-state index in [9.17, 15) is 0 Å². The summed E-state index contributed by atoms with van der Waals surface area (Å²) < 4.78 is 5.42. The van der Waals surface area contributed by atoms with E-state index in [0.717, 1.165) is 43.9 Å². The Morgan fingerprint density at radius 3 is 2.65 bits per heavy atom. The van der Waals surface area contributed by atoms with Crippen molar-refractivity contribution in [2.45, 2.75) is 45.3 Å². The van der Waals surface area contributed by atoms with Gasteiger partial charge in [-0.05, 0) is 42.5 Å². The summed E-state index contributed by atoms with van der Waals surface area (Å²) in [6, 6.07) is 4.37. The maximum absolute atomic E-state index is 5.42. The van der Waals surface area contributed by atoms with Crippen molar-refractivity contribution in [1.82, 2.24) is 9.88 Å². The van der Waals surface area contributed by atoms with Gasteiger partial charge in [0.1, 0.15) is 0 Å². The monoisotopic (exact) mass is 274 g/mol. The highest BCUT2D eigenvalue weighted by Crippen LogP contribution is 2.20. The van der Waals surface area contributed by atoms with Gasteiger partial charge in [-0.15, -0.1) is 0 Å². The van der Waals surface area contributed by atoms with Crippen molar-refractivity contribution in [3.63, 3.8) is 0 Å². The lowest BCUT2D eigenvalue weighted by Crippen LogP contribution is -2.36. The quantitative estimate of drug-likeness (QED) is 0.822. The number of hydrogen-bond acceptors (Lipinski definition) is 3. The topological polar surface area (TPSA) is 25.4 Å². The number of pyridine rings is 1. The number of likely N-dealkylation sites (tertiary alicyclic amines) is 1. The van der Waals surface area contributed by atoms with Gasteiger partial charge in [-0.3, -0.25) is 9.88 Å². The number of aromatic nitrogens is 1. The van der Waals surface area contributed by atoms with Gasteiger partial charge in [0.25, 0.3) is 0 Å². The molecule has 1 aromatic rings. The van der Waals surface area contributed by atoms with E-state index in [-0.39, 0.29) is 0 Å². The van der Waals surface area contributed by atoms with Crippen molar-refractivity contribution in [2.24, 2.45) is 0 Å². The lowest BCUT2D eigenvalue weighted by molar-refractivity contribution is 0.0385. The van der Waals surface area contributed by atoms with Gasteiger partial charge in [0, 0.05) is 26.7 Å². The molecule has 0 aromatic carbocycles. The van der Waals surface area contributed by atoms with E-state index >= 15 is 0 Å². The van der Waals surface area contributed by atoms with Crippen LogP contribution in [0.2, 0.25) is 0 Å². The second-order valence-corrected chi connectivity index (χ2v) is 5.89. The normalized spacial score (nSPS) is 17.6. The third kappa shape index (κ3) is 3.90. The zero-order valence-corrected chi connectivity index (χ0v) is 12.9. The highest BCUT2D eigenvalue weighted by Gasteiger charge is 2.19. The third-order valence-electron chi connectivity index (χ3n) is 4.05. The van der Waals surface area contributed by atoms with Gasteiger partial charge in [-0.1, -0.05) is 20.4 Å². The summed E-state index contributed by atoms with van der Waals surface area (Å²) in [5.41, 5.74) is 3.48. The maximum atomic E-state index is 5.42. The lowest BCUT2D eigenvalue weighted by Gasteiger charge is -2.31. The largest absolute Gasteiger partial charge is 0.381 e. The van der Waals surface area contributed by atoms with Crippen LogP contribution in [0.1, 0.15) is 49.6 Å². The van der Waals surface area contributed by atoms with Gasteiger partial charge in [0.2, 0.25) is 0 Å². The van der Waals surface area contributed by atoms with Crippen LogP contribution >= 0.6 is 0 Å². The molecule has 110 valence electrons. The highest BCUT2D eigenvalue weighted by atomic mass is 16.5. The van der Waals surface area contributed by atoms with Crippen LogP contribution in [-0.2, 0) is 11.3 Å². The summed E-state index contributed by atoms with van der Waals surface area (Å²) >= 11 is 0. The standard InChI is InChI=1S/C17H26N2O/c1-5-15-10-14(13(2)3)11-16(18-15)12-19-8-6-17(20-4)7-9-19/h5,10-11,13,17H,1,6-9,12H2,2-4H3. The van der Waals surface area contributed by atoms with Crippen molar-refractivity contribution in [2.75, 3.05) is 20.2 Å². The number of methoxy groups -OCH3 is 1. The van der Waals surface area contributed by atoms with Crippen LogP contribution in [0.25, 0.3) is 6.08 Å². The first kappa shape index (κ1) is 15.2. The van der Waals surface area contributed by atoms with E-state index in [0.29, 0.717) is 12.0 Å². The van der Waals surface area contributed by atoms with Crippen molar-refractivity contribution >= 4 is 6.08 Å². The second-order valence-electron chi connectivity index (χ2n) is 5.89. The molecule has 1 aliphatic rings. The Balaban J connectivity index is 2.05. The molecule has 0 amide bonds. The van der Waals surface area contributed by atoms with Gasteiger partial charge >= 0.3 is 0 Å². The smallest absolute Gasteiger partial charge is 0.0630 e. The minimum atomic E-state index is 0.435. The molecule has 0 spiro atoms. The molecule has 20 heavy (non-hydrogen) atoms. The molecule has 2 rings (SSSR count). The number of piperidine rings is 1. The molecule has 0 atom stereocenters. The van der Waals surface area contributed by atoms with E-state index in [2.05, 4.69) is 42.4 Å². The minimum absolute atomic E-state index is 0.435. The lowest BCUT2D eigenvalue weighted by atomic mass is 10.0. The Hall–Kier alpha value is -1.19. The predicted molar refractivity (Wildman–Crippen MR) is 83.7 cm³/mol. The molecule has 0 unspecified atom stereocenters. The highest BCUT2D eigenvalue weighted by molar-refractivity contribution is 5.44. The fraction of sp³-hybridized carbons (Fsp3) is 0.588. The van der Waals surface area contributed by atoms with Crippen molar-refractivity contribution in [3.05, 3.63) is 35.7 Å². The Labute approximate surface area is 122 Å². The molecule has 0 N–H and O–H groups in total. The van der Waals surface area contributed by atoms with Gasteiger partial charge in [-0.2, -0.15) is 0 Å². The molecule has 1 aliphatic heterocycles. The minimum Gasteiger partial charge on any atom is -0.381 e. The summed E-state index contributed by atoms with van der Waals surface area (Å²) in [4.78, 5) is 7.14. The van der Waals surface area contributed by atoms with Crippen LogP contribution in [0.4, 0.5) is 0 Å². The van der Waals surface area contributed by atoms with Gasteiger partial charge in [-0.25, -0.2) is 0 Å². The maximum Gasteiger partial charge on any atom is 0.0630 e. The fourth-order valence-corrected chi connectivity index (χ4v) is 2.69. The van der Waals surface area contributed by atoms with Crippen LogP contribution in [-0.4, -0.2) is 36.2 Å². The molecular weight excluding hydrogens is 248 g/mol. The zero-order chi connectivity index (χ0) is 14.5. The summed E-state index contributed by atoms with van der Waals surface area (Å²) in [5, 5.41) is 0. The van der Waals surface area contributed by atoms with Crippen LogP contribution in [0.15, 0.2) is 18.7 Å². The first-order chi connectivity index (χ1) is 9.62. The number of hydrogen-bond donors (Lipinski definition) is 0. The molecule has 3 nitrogen and oxygen atoms in total. The Kier molecular flexibility index (Phi) is 5.32.